The maximum atomic E-state index is 11.0. The van der Waals surface area contributed by atoms with Crippen molar-refractivity contribution in [3.05, 3.63) is 46.4 Å². The molecule has 4 nitrogen and oxygen atoms in total. The summed E-state index contributed by atoms with van der Waals surface area (Å²) in [7, 11) is 0. The summed E-state index contributed by atoms with van der Waals surface area (Å²) in [5.74, 6) is -0.631. The van der Waals surface area contributed by atoms with Crippen LogP contribution in [0, 0.1) is 0 Å². The van der Waals surface area contributed by atoms with Crippen LogP contribution in [0.2, 0.25) is 0 Å². The van der Waals surface area contributed by atoms with Crippen molar-refractivity contribution in [2.45, 2.75) is 5.92 Å². The highest BCUT2D eigenvalue weighted by atomic mass is 32.1. The van der Waals surface area contributed by atoms with Crippen LogP contribution in [0.25, 0.3) is 0 Å². The number of anilines is 1. The summed E-state index contributed by atoms with van der Waals surface area (Å²) in [5, 5.41) is 9.04. The number of carboxylic acids is 1. The molecule has 2 heterocycles. The average Bonchev–Trinajstić information content (AvgIpc) is 2.77. The Morgan fingerprint density at radius 3 is 2.72 bits per heavy atom. The Morgan fingerprint density at radius 1 is 1.33 bits per heavy atom. The van der Waals surface area contributed by atoms with Crippen LogP contribution in [0.15, 0.2) is 35.8 Å². The van der Waals surface area contributed by atoms with Crippen molar-refractivity contribution in [3.8, 4) is 0 Å². The molecule has 1 saturated heterocycles. The van der Waals surface area contributed by atoms with Crippen molar-refractivity contribution in [2.75, 3.05) is 18.0 Å². The lowest BCUT2D eigenvalue weighted by atomic mass is 9.96. The van der Waals surface area contributed by atoms with Gasteiger partial charge in [0.2, 0.25) is 0 Å². The molecular formula is C13H12N2O2S. The van der Waals surface area contributed by atoms with Crippen LogP contribution >= 0.6 is 11.3 Å². The van der Waals surface area contributed by atoms with E-state index in [0.717, 1.165) is 18.0 Å². The Labute approximate surface area is 109 Å². The fourth-order valence-electron chi connectivity index (χ4n) is 2.20. The first-order chi connectivity index (χ1) is 8.75. The Balaban J connectivity index is 1.72. The van der Waals surface area contributed by atoms with E-state index in [-0.39, 0.29) is 5.69 Å². The normalized spacial score (nSPS) is 15.4. The zero-order valence-corrected chi connectivity index (χ0v) is 10.4. The smallest absolute Gasteiger partial charge is 0.355 e. The molecule has 5 heteroatoms. The van der Waals surface area contributed by atoms with Gasteiger partial charge in [0, 0.05) is 29.6 Å². The van der Waals surface area contributed by atoms with E-state index in [1.54, 1.807) is 5.51 Å². The van der Waals surface area contributed by atoms with E-state index in [1.807, 2.05) is 18.2 Å². The lowest BCUT2D eigenvalue weighted by Gasteiger charge is -2.40. The van der Waals surface area contributed by atoms with Crippen LogP contribution in [-0.4, -0.2) is 29.1 Å². The number of carbonyl (C=O) groups is 1. The fourth-order valence-corrected chi connectivity index (χ4v) is 3.06. The number of rotatable bonds is 3. The predicted molar refractivity (Wildman–Crippen MR) is 70.5 cm³/mol. The molecule has 0 saturated carbocycles. The predicted octanol–water partition coefficient (Wildman–Crippen LogP) is 2.45. The third-order valence-electron chi connectivity index (χ3n) is 3.17. The molecule has 1 aliphatic heterocycles. The molecular weight excluding hydrogens is 248 g/mol. The molecule has 0 atom stereocenters. The lowest BCUT2D eigenvalue weighted by molar-refractivity contribution is 0.0689. The fraction of sp³-hybridized carbons (Fsp3) is 0.231. The van der Waals surface area contributed by atoms with Gasteiger partial charge in [-0.05, 0) is 12.1 Å². The second-order valence-electron chi connectivity index (χ2n) is 4.31. The number of carboxylic acid groups (broad SMARTS) is 1. The number of thiazole rings is 1. The van der Waals surface area contributed by atoms with Gasteiger partial charge in [0.1, 0.15) is 0 Å². The standard InChI is InChI=1S/C13H12N2O2S/c16-13(17)11-12(18-8-14-11)9-6-15(7-9)10-4-2-1-3-5-10/h1-5,8-9H,6-7H2,(H,16,17). The highest BCUT2D eigenvalue weighted by Gasteiger charge is 2.32. The topological polar surface area (TPSA) is 53.4 Å². The number of hydrogen-bond acceptors (Lipinski definition) is 4. The molecule has 1 fully saturated rings. The van der Waals surface area contributed by atoms with Gasteiger partial charge < -0.3 is 10.0 Å². The molecule has 0 bridgehead atoms. The summed E-state index contributed by atoms with van der Waals surface area (Å²) in [4.78, 5) is 18.1. The number of benzene rings is 1. The van der Waals surface area contributed by atoms with E-state index in [9.17, 15) is 4.79 Å². The average molecular weight is 260 g/mol. The van der Waals surface area contributed by atoms with E-state index >= 15 is 0 Å². The molecule has 0 amide bonds. The summed E-state index contributed by atoms with van der Waals surface area (Å²) < 4.78 is 0. The van der Waals surface area contributed by atoms with Crippen molar-refractivity contribution < 1.29 is 9.90 Å². The van der Waals surface area contributed by atoms with Gasteiger partial charge in [-0.1, -0.05) is 18.2 Å². The van der Waals surface area contributed by atoms with E-state index < -0.39 is 5.97 Å². The van der Waals surface area contributed by atoms with Gasteiger partial charge in [0.15, 0.2) is 5.69 Å². The zero-order chi connectivity index (χ0) is 12.5. The van der Waals surface area contributed by atoms with Crippen LogP contribution in [0.3, 0.4) is 0 Å². The summed E-state index contributed by atoms with van der Waals surface area (Å²) in [5.41, 5.74) is 3.03. The largest absolute Gasteiger partial charge is 0.476 e. The number of nitrogens with zero attached hydrogens (tertiary/aromatic N) is 2. The Kier molecular flexibility index (Phi) is 2.76. The molecule has 0 radical (unpaired) electrons. The van der Waals surface area contributed by atoms with Gasteiger partial charge in [0.25, 0.3) is 0 Å². The molecule has 0 unspecified atom stereocenters. The molecule has 18 heavy (non-hydrogen) atoms. The van der Waals surface area contributed by atoms with Gasteiger partial charge in [-0.3, -0.25) is 0 Å². The van der Waals surface area contributed by atoms with E-state index in [1.165, 1.54) is 17.0 Å². The Morgan fingerprint density at radius 2 is 2.06 bits per heavy atom. The number of aromatic nitrogens is 1. The molecule has 1 aromatic heterocycles. The molecule has 1 aliphatic rings. The minimum absolute atomic E-state index is 0.220. The second-order valence-corrected chi connectivity index (χ2v) is 5.19. The lowest BCUT2D eigenvalue weighted by Crippen LogP contribution is -2.45. The summed E-state index contributed by atoms with van der Waals surface area (Å²) in [6.45, 7) is 1.74. The molecule has 1 N–H and O–H groups in total. The highest BCUT2D eigenvalue weighted by molar-refractivity contribution is 7.10. The first-order valence-electron chi connectivity index (χ1n) is 5.72. The molecule has 1 aromatic carbocycles. The van der Waals surface area contributed by atoms with Crippen LogP contribution in [-0.2, 0) is 0 Å². The second kappa shape index (κ2) is 4.42. The zero-order valence-electron chi connectivity index (χ0n) is 9.61. The minimum Gasteiger partial charge on any atom is -0.476 e. The highest BCUT2D eigenvalue weighted by Crippen LogP contribution is 2.34. The van der Waals surface area contributed by atoms with Crippen LogP contribution in [0.1, 0.15) is 21.3 Å². The SMILES string of the molecule is O=C(O)c1ncsc1C1CN(c2ccccc2)C1. The third kappa shape index (κ3) is 1.86. The molecule has 0 aliphatic carbocycles. The van der Waals surface area contributed by atoms with Crippen molar-refractivity contribution in [1.29, 1.82) is 0 Å². The van der Waals surface area contributed by atoms with Gasteiger partial charge in [-0.15, -0.1) is 11.3 Å². The number of aromatic carboxylic acids is 1. The summed E-state index contributed by atoms with van der Waals surface area (Å²) in [6, 6.07) is 10.2. The summed E-state index contributed by atoms with van der Waals surface area (Å²) in [6.07, 6.45) is 0. The molecule has 2 aromatic rings. The quantitative estimate of drug-likeness (QED) is 0.921. The maximum Gasteiger partial charge on any atom is 0.355 e. The molecule has 0 spiro atoms. The van der Waals surface area contributed by atoms with Crippen LogP contribution < -0.4 is 4.90 Å². The monoisotopic (exact) mass is 260 g/mol. The molecule has 3 rings (SSSR count). The molecule has 92 valence electrons. The van der Waals surface area contributed by atoms with E-state index in [2.05, 4.69) is 22.0 Å². The minimum atomic E-state index is -0.926. The Bertz CT molecular complexity index is 561. The summed E-state index contributed by atoms with van der Waals surface area (Å²) >= 11 is 1.44. The number of para-hydroxylation sites is 1. The van der Waals surface area contributed by atoms with Gasteiger partial charge >= 0.3 is 5.97 Å². The van der Waals surface area contributed by atoms with Gasteiger partial charge in [-0.2, -0.15) is 0 Å². The van der Waals surface area contributed by atoms with Gasteiger partial charge in [0.05, 0.1) is 5.51 Å². The van der Waals surface area contributed by atoms with E-state index in [0.29, 0.717) is 5.92 Å². The van der Waals surface area contributed by atoms with Crippen molar-refractivity contribution >= 4 is 23.0 Å². The Hall–Kier alpha value is -1.88. The van der Waals surface area contributed by atoms with E-state index in [4.69, 9.17) is 5.11 Å². The third-order valence-corrected chi connectivity index (χ3v) is 4.16. The maximum absolute atomic E-state index is 11.0. The van der Waals surface area contributed by atoms with Crippen molar-refractivity contribution in [3.63, 3.8) is 0 Å². The van der Waals surface area contributed by atoms with Crippen molar-refractivity contribution in [2.24, 2.45) is 0 Å². The van der Waals surface area contributed by atoms with Crippen LogP contribution in [0.4, 0.5) is 5.69 Å². The van der Waals surface area contributed by atoms with Gasteiger partial charge in [-0.25, -0.2) is 9.78 Å². The number of hydrogen-bond donors (Lipinski definition) is 1. The van der Waals surface area contributed by atoms with Crippen molar-refractivity contribution in [1.82, 2.24) is 4.98 Å². The van der Waals surface area contributed by atoms with Crippen LogP contribution in [0.5, 0.6) is 0 Å². The first-order valence-corrected chi connectivity index (χ1v) is 6.60. The first kappa shape index (κ1) is 11.2.